The van der Waals surface area contributed by atoms with Gasteiger partial charge in [-0.3, -0.25) is 9.59 Å². The third-order valence-corrected chi connectivity index (χ3v) is 3.34. The molecule has 0 aliphatic heterocycles. The maximum atomic E-state index is 12.0. The van der Waals surface area contributed by atoms with E-state index in [1.807, 2.05) is 0 Å². The quantitative estimate of drug-likeness (QED) is 0.839. The van der Waals surface area contributed by atoms with E-state index in [0.29, 0.717) is 11.4 Å². The van der Waals surface area contributed by atoms with E-state index in [9.17, 15) is 9.59 Å². The molecule has 0 aromatic heterocycles. The van der Waals surface area contributed by atoms with Crippen LogP contribution in [0.5, 0.6) is 0 Å². The van der Waals surface area contributed by atoms with Crippen LogP contribution >= 0.6 is 11.6 Å². The summed E-state index contributed by atoms with van der Waals surface area (Å²) in [5, 5.41) is 12.4. The number of nitrogens with one attached hydrogen (secondary N) is 1. The van der Waals surface area contributed by atoms with Crippen LogP contribution in [0.25, 0.3) is 0 Å². The van der Waals surface area contributed by atoms with Crippen LogP contribution in [0.4, 0.5) is 0 Å². The summed E-state index contributed by atoms with van der Waals surface area (Å²) in [5.41, 5.74) is 0.811. The van der Waals surface area contributed by atoms with Crippen molar-refractivity contribution in [3.05, 3.63) is 34.9 Å². The van der Waals surface area contributed by atoms with Crippen molar-refractivity contribution < 1.29 is 14.7 Å². The molecule has 116 valence electrons. The van der Waals surface area contributed by atoms with Gasteiger partial charge in [-0.1, -0.05) is 44.5 Å². The molecular formula is C16H22ClNO3. The number of rotatable bonds is 6. The van der Waals surface area contributed by atoms with Gasteiger partial charge < -0.3 is 10.4 Å². The summed E-state index contributed by atoms with van der Waals surface area (Å²) in [7, 11) is 0. The summed E-state index contributed by atoms with van der Waals surface area (Å²) in [5.74, 6) is -1.09. The molecule has 0 saturated heterocycles. The molecule has 0 heterocycles. The molecule has 0 unspecified atom stereocenters. The predicted octanol–water partition coefficient (Wildman–Crippen LogP) is 3.80. The summed E-state index contributed by atoms with van der Waals surface area (Å²) in [6.45, 7) is 6.19. The van der Waals surface area contributed by atoms with E-state index in [2.05, 4.69) is 26.1 Å². The number of aliphatic carboxylic acids is 1. The Labute approximate surface area is 130 Å². The Kier molecular flexibility index (Phi) is 6.21. The number of benzene rings is 1. The molecule has 1 aromatic carbocycles. The average Bonchev–Trinajstić information content (AvgIpc) is 2.35. The molecule has 1 rings (SSSR count). The van der Waals surface area contributed by atoms with Gasteiger partial charge in [-0.2, -0.15) is 0 Å². The van der Waals surface area contributed by atoms with Crippen molar-refractivity contribution in [2.24, 2.45) is 5.41 Å². The van der Waals surface area contributed by atoms with Crippen LogP contribution in [0.3, 0.4) is 0 Å². The Morgan fingerprint density at radius 1 is 1.24 bits per heavy atom. The number of carboxylic acids is 1. The minimum atomic E-state index is -0.953. The van der Waals surface area contributed by atoms with Crippen LogP contribution in [0, 0.1) is 5.41 Å². The van der Waals surface area contributed by atoms with E-state index >= 15 is 0 Å². The molecule has 21 heavy (non-hydrogen) atoms. The van der Waals surface area contributed by atoms with Crippen LogP contribution in [0.2, 0.25) is 5.02 Å². The minimum absolute atomic E-state index is 0.0694. The van der Waals surface area contributed by atoms with Gasteiger partial charge in [0, 0.05) is 11.4 Å². The molecule has 0 radical (unpaired) electrons. The Morgan fingerprint density at radius 2 is 1.81 bits per heavy atom. The maximum Gasteiger partial charge on any atom is 0.305 e. The molecule has 5 heteroatoms. The van der Waals surface area contributed by atoms with Crippen molar-refractivity contribution in [3.63, 3.8) is 0 Å². The van der Waals surface area contributed by atoms with Crippen molar-refractivity contribution in [1.29, 1.82) is 0 Å². The van der Waals surface area contributed by atoms with Crippen LogP contribution in [0.15, 0.2) is 24.3 Å². The van der Waals surface area contributed by atoms with E-state index in [4.69, 9.17) is 16.7 Å². The average molecular weight is 312 g/mol. The molecule has 0 bridgehead atoms. The first-order chi connectivity index (χ1) is 9.67. The van der Waals surface area contributed by atoms with Gasteiger partial charge in [0.25, 0.3) is 0 Å². The fourth-order valence-electron chi connectivity index (χ4n) is 1.88. The van der Waals surface area contributed by atoms with Crippen molar-refractivity contribution in [3.8, 4) is 0 Å². The summed E-state index contributed by atoms with van der Waals surface area (Å²) in [6.07, 6.45) is 0.981. The summed E-state index contributed by atoms with van der Waals surface area (Å²) in [4.78, 5) is 23.0. The normalized spacial score (nSPS) is 12.8. The van der Waals surface area contributed by atoms with Crippen LogP contribution < -0.4 is 5.32 Å². The zero-order valence-corrected chi connectivity index (χ0v) is 13.4. The lowest BCUT2D eigenvalue weighted by Gasteiger charge is -2.20. The Bertz CT molecular complexity index is 491. The third kappa shape index (κ3) is 7.14. The second kappa shape index (κ2) is 7.46. The summed E-state index contributed by atoms with van der Waals surface area (Å²) in [6, 6.07) is 6.31. The van der Waals surface area contributed by atoms with Crippen LogP contribution in [0.1, 0.15) is 51.6 Å². The second-order valence-corrected chi connectivity index (χ2v) is 6.77. The fraction of sp³-hybridized carbons (Fsp3) is 0.500. The third-order valence-electron chi connectivity index (χ3n) is 3.09. The van der Waals surface area contributed by atoms with E-state index in [0.717, 1.165) is 12.0 Å². The fourth-order valence-corrected chi connectivity index (χ4v) is 2.00. The van der Waals surface area contributed by atoms with Gasteiger partial charge >= 0.3 is 5.97 Å². The molecule has 0 saturated carbocycles. The first kappa shape index (κ1) is 17.5. The van der Waals surface area contributed by atoms with Gasteiger partial charge in [0.05, 0.1) is 12.5 Å². The molecule has 0 spiro atoms. The van der Waals surface area contributed by atoms with Gasteiger partial charge in [-0.05, 0) is 29.5 Å². The number of carboxylic acid groups (broad SMARTS) is 1. The molecule has 4 nitrogen and oxygen atoms in total. The topological polar surface area (TPSA) is 66.4 Å². The summed E-state index contributed by atoms with van der Waals surface area (Å²) >= 11 is 5.82. The van der Waals surface area contributed by atoms with E-state index in [1.165, 1.54) is 0 Å². The number of amides is 1. The van der Waals surface area contributed by atoms with Crippen molar-refractivity contribution in [2.75, 3.05) is 0 Å². The van der Waals surface area contributed by atoms with Gasteiger partial charge in [-0.15, -0.1) is 0 Å². The van der Waals surface area contributed by atoms with Crippen molar-refractivity contribution in [1.82, 2.24) is 5.32 Å². The molecular weight excluding hydrogens is 290 g/mol. The van der Waals surface area contributed by atoms with Crippen LogP contribution in [-0.2, 0) is 9.59 Å². The number of hydrogen-bond acceptors (Lipinski definition) is 2. The van der Waals surface area contributed by atoms with E-state index < -0.39 is 12.0 Å². The highest BCUT2D eigenvalue weighted by atomic mass is 35.5. The first-order valence-corrected chi connectivity index (χ1v) is 7.32. The van der Waals surface area contributed by atoms with Gasteiger partial charge in [-0.25, -0.2) is 0 Å². The molecule has 2 N–H and O–H groups in total. The van der Waals surface area contributed by atoms with Gasteiger partial charge in [0.15, 0.2) is 0 Å². The van der Waals surface area contributed by atoms with Gasteiger partial charge in [0.2, 0.25) is 5.91 Å². The number of hydrogen-bond donors (Lipinski definition) is 2. The molecule has 0 aliphatic rings. The highest BCUT2D eigenvalue weighted by Crippen LogP contribution is 2.22. The van der Waals surface area contributed by atoms with Crippen molar-refractivity contribution >= 4 is 23.5 Å². The minimum Gasteiger partial charge on any atom is -0.481 e. The number of halogens is 1. The zero-order chi connectivity index (χ0) is 16.0. The lowest BCUT2D eigenvalue weighted by atomic mass is 9.90. The standard InChI is InChI=1S/C16H22ClNO3/c1-16(2,3)9-8-14(19)18-13(10-15(20)21)11-4-6-12(17)7-5-11/h4-7,13H,8-10H2,1-3H3,(H,18,19)(H,20,21)/t13-/m0/s1. The molecule has 0 aliphatic carbocycles. The van der Waals surface area contributed by atoms with E-state index in [1.54, 1.807) is 24.3 Å². The predicted molar refractivity (Wildman–Crippen MR) is 83.3 cm³/mol. The lowest BCUT2D eigenvalue weighted by molar-refractivity contribution is -0.137. The molecule has 1 aromatic rings. The SMILES string of the molecule is CC(C)(C)CCC(=O)N[C@@H](CC(=O)O)c1ccc(Cl)cc1. The Morgan fingerprint density at radius 3 is 2.29 bits per heavy atom. The molecule has 0 fully saturated rings. The number of carbonyl (C=O) groups excluding carboxylic acids is 1. The highest BCUT2D eigenvalue weighted by Gasteiger charge is 2.19. The Hall–Kier alpha value is -1.55. The highest BCUT2D eigenvalue weighted by molar-refractivity contribution is 6.30. The Balaban J connectivity index is 2.72. The van der Waals surface area contributed by atoms with Gasteiger partial charge in [0.1, 0.15) is 0 Å². The molecule has 1 atom stereocenters. The summed E-state index contributed by atoms with van der Waals surface area (Å²) < 4.78 is 0. The van der Waals surface area contributed by atoms with Crippen LogP contribution in [-0.4, -0.2) is 17.0 Å². The largest absolute Gasteiger partial charge is 0.481 e. The van der Waals surface area contributed by atoms with Crippen molar-refractivity contribution in [2.45, 2.75) is 46.1 Å². The lowest BCUT2D eigenvalue weighted by Crippen LogP contribution is -2.30. The second-order valence-electron chi connectivity index (χ2n) is 6.33. The zero-order valence-electron chi connectivity index (χ0n) is 12.6. The number of carbonyl (C=O) groups is 2. The smallest absolute Gasteiger partial charge is 0.305 e. The molecule has 1 amide bonds. The monoisotopic (exact) mass is 311 g/mol. The first-order valence-electron chi connectivity index (χ1n) is 6.94. The maximum absolute atomic E-state index is 12.0. The van der Waals surface area contributed by atoms with E-state index in [-0.39, 0.29) is 17.7 Å².